The molecule has 2 atom stereocenters. The van der Waals surface area contributed by atoms with Gasteiger partial charge in [0, 0.05) is 24.5 Å². The van der Waals surface area contributed by atoms with Crippen LogP contribution in [-0.2, 0) is 22.8 Å². The second-order valence-corrected chi connectivity index (χ2v) is 9.55. The number of sulfone groups is 1. The highest BCUT2D eigenvalue weighted by molar-refractivity contribution is 7.92. The molecule has 2 heterocycles. The minimum absolute atomic E-state index is 0.0789. The van der Waals surface area contributed by atoms with Crippen molar-refractivity contribution in [2.24, 2.45) is 11.1 Å². The lowest BCUT2D eigenvalue weighted by Crippen LogP contribution is -2.31. The van der Waals surface area contributed by atoms with Crippen molar-refractivity contribution in [3.63, 3.8) is 0 Å². The summed E-state index contributed by atoms with van der Waals surface area (Å²) in [6.07, 6.45) is 5.60. The second-order valence-electron chi connectivity index (χ2n) is 7.15. The van der Waals surface area contributed by atoms with E-state index in [1.165, 1.54) is 11.3 Å². The van der Waals surface area contributed by atoms with Gasteiger partial charge in [-0.3, -0.25) is 0 Å². The summed E-state index contributed by atoms with van der Waals surface area (Å²) in [5, 5.41) is -0.208. The predicted molar refractivity (Wildman–Crippen MR) is 80.3 cm³/mol. The molecule has 1 aliphatic heterocycles. The van der Waals surface area contributed by atoms with Crippen LogP contribution in [-0.4, -0.2) is 24.0 Å². The minimum Gasteiger partial charge on any atom is -0.350 e. The van der Waals surface area contributed by atoms with Crippen LogP contribution < -0.4 is 5.73 Å². The molecule has 1 aliphatic carbocycles. The zero-order valence-corrected chi connectivity index (χ0v) is 13.1. The molecule has 2 unspecified atom stereocenters. The highest BCUT2D eigenvalue weighted by Gasteiger charge is 2.35. The number of hydrogen-bond acceptors (Lipinski definition) is 3. The molecule has 4 nitrogen and oxygen atoms in total. The van der Waals surface area contributed by atoms with Gasteiger partial charge in [-0.1, -0.05) is 13.8 Å². The fourth-order valence-corrected chi connectivity index (χ4v) is 5.56. The zero-order valence-electron chi connectivity index (χ0n) is 12.3. The van der Waals surface area contributed by atoms with E-state index in [1.54, 1.807) is 0 Å². The molecule has 0 radical (unpaired) electrons. The molecule has 1 saturated heterocycles. The van der Waals surface area contributed by atoms with Crippen molar-refractivity contribution in [2.45, 2.75) is 57.4 Å². The highest BCUT2D eigenvalue weighted by atomic mass is 32.2. The van der Waals surface area contributed by atoms with Crippen LogP contribution in [0.4, 0.5) is 0 Å². The van der Waals surface area contributed by atoms with Gasteiger partial charge >= 0.3 is 0 Å². The van der Waals surface area contributed by atoms with Crippen LogP contribution in [0, 0.1) is 5.41 Å². The number of nitrogens with two attached hydrogens (primary N) is 1. The van der Waals surface area contributed by atoms with Crippen molar-refractivity contribution in [1.29, 1.82) is 0 Å². The summed E-state index contributed by atoms with van der Waals surface area (Å²) < 4.78 is 26.2. The summed E-state index contributed by atoms with van der Waals surface area (Å²) in [6, 6.07) is 2.16. The molecule has 3 rings (SSSR count). The fraction of sp³-hybridized carbons (Fsp3) is 0.733. The first-order valence-electron chi connectivity index (χ1n) is 7.44. The van der Waals surface area contributed by atoms with Crippen LogP contribution in [0.3, 0.4) is 0 Å². The molecule has 0 amide bonds. The highest BCUT2D eigenvalue weighted by Crippen LogP contribution is 2.40. The normalized spacial score (nSPS) is 31.1. The molecule has 5 heteroatoms. The summed E-state index contributed by atoms with van der Waals surface area (Å²) >= 11 is 0. The number of rotatable bonds is 2. The van der Waals surface area contributed by atoms with Crippen LogP contribution in [0.5, 0.6) is 0 Å². The summed E-state index contributed by atoms with van der Waals surface area (Å²) in [7, 11) is -2.88. The summed E-state index contributed by atoms with van der Waals surface area (Å²) in [5.74, 6) is 0.353. The van der Waals surface area contributed by atoms with Gasteiger partial charge in [-0.15, -0.1) is 0 Å². The lowest BCUT2D eigenvalue weighted by Gasteiger charge is -2.34. The van der Waals surface area contributed by atoms with Gasteiger partial charge in [0.1, 0.15) is 0 Å². The Morgan fingerprint density at radius 1 is 1.45 bits per heavy atom. The third kappa shape index (κ3) is 2.42. The van der Waals surface area contributed by atoms with Crippen LogP contribution in [0.15, 0.2) is 12.3 Å². The van der Waals surface area contributed by atoms with Crippen LogP contribution >= 0.6 is 0 Å². The van der Waals surface area contributed by atoms with Crippen LogP contribution in [0.25, 0.3) is 0 Å². The smallest absolute Gasteiger partial charge is 0.154 e. The molecule has 20 heavy (non-hydrogen) atoms. The molecule has 0 aromatic carbocycles. The summed E-state index contributed by atoms with van der Waals surface area (Å²) in [6.45, 7) is 5.07. The Morgan fingerprint density at radius 3 is 2.85 bits per heavy atom. The maximum atomic E-state index is 12.0. The van der Waals surface area contributed by atoms with Crippen molar-refractivity contribution < 1.29 is 8.42 Å². The Morgan fingerprint density at radius 2 is 2.20 bits per heavy atom. The topological polar surface area (TPSA) is 65.1 Å². The molecule has 2 aliphatic rings. The first kappa shape index (κ1) is 14.1. The number of fused-ring (bicyclic) bond motifs is 1. The van der Waals surface area contributed by atoms with Crippen LogP contribution in [0.2, 0.25) is 0 Å². The van der Waals surface area contributed by atoms with E-state index in [-0.39, 0.29) is 16.7 Å². The van der Waals surface area contributed by atoms with Crippen molar-refractivity contribution in [3.8, 4) is 0 Å². The Kier molecular flexibility index (Phi) is 3.25. The lowest BCUT2D eigenvalue weighted by molar-refractivity contribution is 0.275. The Labute approximate surface area is 121 Å². The SMILES string of the molecule is CC1(C)Cc2c(ccn2CC2CCCS2(=O)=O)C(N)C1. The largest absolute Gasteiger partial charge is 0.350 e. The van der Waals surface area contributed by atoms with Crippen molar-refractivity contribution in [2.75, 3.05) is 5.75 Å². The molecular weight excluding hydrogens is 272 g/mol. The minimum atomic E-state index is -2.88. The lowest BCUT2D eigenvalue weighted by atomic mass is 9.74. The Balaban J connectivity index is 1.90. The molecule has 2 N–H and O–H groups in total. The first-order valence-corrected chi connectivity index (χ1v) is 9.15. The predicted octanol–water partition coefficient (Wildman–Crippen LogP) is 2.04. The van der Waals surface area contributed by atoms with Crippen LogP contribution in [0.1, 0.15) is 50.4 Å². The van der Waals surface area contributed by atoms with Gasteiger partial charge in [-0.05, 0) is 42.7 Å². The van der Waals surface area contributed by atoms with E-state index in [1.807, 2.05) is 6.20 Å². The molecule has 1 fully saturated rings. The van der Waals surface area contributed by atoms with E-state index in [0.717, 1.165) is 25.7 Å². The molecule has 112 valence electrons. The average Bonchev–Trinajstić information content (AvgIpc) is 2.83. The third-order valence-corrected chi connectivity index (χ3v) is 7.05. The van der Waals surface area contributed by atoms with Gasteiger partial charge in [0.15, 0.2) is 9.84 Å². The maximum Gasteiger partial charge on any atom is 0.154 e. The van der Waals surface area contributed by atoms with E-state index in [4.69, 9.17) is 5.73 Å². The van der Waals surface area contributed by atoms with Gasteiger partial charge in [-0.25, -0.2) is 8.42 Å². The standard InChI is InChI=1S/C15H24N2O2S/c1-15(2)8-13(16)12-5-6-17(14(12)9-15)10-11-4-3-7-20(11,18)19/h5-6,11,13H,3-4,7-10,16H2,1-2H3. The van der Waals surface area contributed by atoms with Gasteiger partial charge in [-0.2, -0.15) is 0 Å². The van der Waals surface area contributed by atoms with E-state index >= 15 is 0 Å². The molecular formula is C15H24N2O2S. The summed E-state index contributed by atoms with van der Waals surface area (Å²) in [5.41, 5.74) is 8.91. The second kappa shape index (κ2) is 4.60. The first-order chi connectivity index (χ1) is 9.28. The number of aromatic nitrogens is 1. The summed E-state index contributed by atoms with van der Waals surface area (Å²) in [4.78, 5) is 0. The van der Waals surface area contributed by atoms with Crippen molar-refractivity contribution >= 4 is 9.84 Å². The molecule has 0 spiro atoms. The van der Waals surface area contributed by atoms with E-state index in [0.29, 0.717) is 12.3 Å². The number of nitrogens with zero attached hydrogens (tertiary/aromatic N) is 1. The fourth-order valence-electron chi connectivity index (χ4n) is 3.75. The molecule has 0 saturated carbocycles. The Bertz CT molecular complexity index is 616. The van der Waals surface area contributed by atoms with E-state index in [9.17, 15) is 8.42 Å². The van der Waals surface area contributed by atoms with Gasteiger partial charge in [0.25, 0.3) is 0 Å². The van der Waals surface area contributed by atoms with E-state index < -0.39 is 9.84 Å². The van der Waals surface area contributed by atoms with Gasteiger partial charge in [0.05, 0.1) is 11.0 Å². The van der Waals surface area contributed by atoms with Gasteiger partial charge < -0.3 is 10.3 Å². The molecule has 1 aromatic heterocycles. The zero-order chi connectivity index (χ0) is 14.5. The maximum absolute atomic E-state index is 12.0. The number of hydrogen-bond donors (Lipinski definition) is 1. The van der Waals surface area contributed by atoms with Gasteiger partial charge in [0.2, 0.25) is 0 Å². The molecule has 0 bridgehead atoms. The Hall–Kier alpha value is -0.810. The monoisotopic (exact) mass is 296 g/mol. The van der Waals surface area contributed by atoms with Crippen molar-refractivity contribution in [1.82, 2.24) is 4.57 Å². The molecule has 1 aromatic rings. The van der Waals surface area contributed by atoms with Crippen molar-refractivity contribution in [3.05, 3.63) is 23.5 Å². The van der Waals surface area contributed by atoms with E-state index in [2.05, 4.69) is 24.5 Å². The third-order valence-electron chi connectivity index (χ3n) is 4.80. The average molecular weight is 296 g/mol. The quantitative estimate of drug-likeness (QED) is 0.908.